The lowest BCUT2D eigenvalue weighted by molar-refractivity contribution is -0.117. The summed E-state index contributed by atoms with van der Waals surface area (Å²) < 4.78 is 13.6. The van der Waals surface area contributed by atoms with Crippen LogP contribution in [0.15, 0.2) is 35.1 Å². The van der Waals surface area contributed by atoms with Crippen molar-refractivity contribution in [2.75, 3.05) is 42.9 Å². The van der Waals surface area contributed by atoms with Crippen LogP contribution in [0.1, 0.15) is 5.69 Å². The Hall–Kier alpha value is -2.74. The molecule has 0 aliphatic carbocycles. The van der Waals surface area contributed by atoms with Crippen LogP contribution in [0.5, 0.6) is 0 Å². The van der Waals surface area contributed by atoms with Crippen LogP contribution in [0.25, 0.3) is 0 Å². The zero-order valence-electron chi connectivity index (χ0n) is 14.0. The van der Waals surface area contributed by atoms with E-state index in [4.69, 9.17) is 0 Å². The van der Waals surface area contributed by atoms with Gasteiger partial charge in [-0.1, -0.05) is 12.1 Å². The van der Waals surface area contributed by atoms with E-state index >= 15 is 0 Å². The smallest absolute Gasteiger partial charge is 0.252 e. The van der Waals surface area contributed by atoms with Crippen molar-refractivity contribution < 1.29 is 9.18 Å². The first-order valence-electron chi connectivity index (χ1n) is 8.11. The lowest BCUT2D eigenvalue weighted by Crippen LogP contribution is -2.49. The van der Waals surface area contributed by atoms with Crippen molar-refractivity contribution >= 4 is 17.5 Å². The molecule has 0 bridgehead atoms. The number of hydrogen-bond acceptors (Lipinski definition) is 5. The van der Waals surface area contributed by atoms with E-state index in [1.807, 2.05) is 9.80 Å². The van der Waals surface area contributed by atoms with E-state index in [1.165, 1.54) is 18.2 Å². The number of amides is 1. The third kappa shape index (κ3) is 4.42. The fourth-order valence-electron chi connectivity index (χ4n) is 2.79. The molecule has 0 atom stereocenters. The van der Waals surface area contributed by atoms with Gasteiger partial charge in [-0.2, -0.15) is 0 Å². The zero-order chi connectivity index (χ0) is 17.8. The van der Waals surface area contributed by atoms with Gasteiger partial charge in [-0.3, -0.25) is 19.5 Å². The number of hydrogen-bond donors (Lipinski definition) is 2. The number of aromatic amines is 1. The van der Waals surface area contributed by atoms with Gasteiger partial charge in [0.2, 0.25) is 11.9 Å². The molecule has 1 fully saturated rings. The standard InChI is InChI=1S/C17H20FN5O2/c1-12-10-15(24)21-17(19-12)23-8-6-22(7-9-23)11-16(25)20-14-5-3-2-4-13(14)18/h2-5,10H,6-9,11H2,1H3,(H,20,25)(H,19,21,24). The molecule has 7 nitrogen and oxygen atoms in total. The van der Waals surface area contributed by atoms with Gasteiger partial charge in [-0.05, 0) is 19.1 Å². The number of nitrogens with zero attached hydrogens (tertiary/aromatic N) is 3. The van der Waals surface area contributed by atoms with Crippen molar-refractivity contribution in [1.29, 1.82) is 0 Å². The molecular weight excluding hydrogens is 325 g/mol. The Morgan fingerprint density at radius 1 is 1.28 bits per heavy atom. The normalized spacial score (nSPS) is 15.2. The highest BCUT2D eigenvalue weighted by atomic mass is 19.1. The summed E-state index contributed by atoms with van der Waals surface area (Å²) in [6.07, 6.45) is 0. The van der Waals surface area contributed by atoms with Crippen LogP contribution < -0.4 is 15.8 Å². The highest BCUT2D eigenvalue weighted by Crippen LogP contribution is 2.13. The third-order valence-electron chi connectivity index (χ3n) is 4.04. The molecule has 0 spiro atoms. The van der Waals surface area contributed by atoms with E-state index in [2.05, 4.69) is 15.3 Å². The Labute approximate surface area is 144 Å². The summed E-state index contributed by atoms with van der Waals surface area (Å²) in [5.74, 6) is -0.142. The lowest BCUT2D eigenvalue weighted by Gasteiger charge is -2.34. The van der Waals surface area contributed by atoms with E-state index < -0.39 is 5.82 Å². The molecule has 1 aliphatic rings. The molecule has 2 heterocycles. The number of anilines is 2. The Morgan fingerprint density at radius 3 is 2.68 bits per heavy atom. The minimum atomic E-state index is -0.449. The maximum atomic E-state index is 13.6. The second-order valence-electron chi connectivity index (χ2n) is 6.00. The molecule has 1 aromatic carbocycles. The number of carbonyl (C=O) groups excluding carboxylic acids is 1. The van der Waals surface area contributed by atoms with Crippen molar-refractivity contribution in [1.82, 2.24) is 14.9 Å². The van der Waals surface area contributed by atoms with Gasteiger partial charge < -0.3 is 10.2 Å². The summed E-state index contributed by atoms with van der Waals surface area (Å²) in [5, 5.41) is 2.59. The third-order valence-corrected chi connectivity index (χ3v) is 4.04. The van der Waals surface area contributed by atoms with Gasteiger partial charge in [0.15, 0.2) is 0 Å². The molecule has 0 radical (unpaired) electrons. The molecule has 1 aromatic heterocycles. The number of rotatable bonds is 4. The monoisotopic (exact) mass is 345 g/mol. The second-order valence-corrected chi connectivity index (χ2v) is 6.00. The summed E-state index contributed by atoms with van der Waals surface area (Å²) in [6, 6.07) is 7.54. The van der Waals surface area contributed by atoms with Crippen molar-refractivity contribution in [2.24, 2.45) is 0 Å². The van der Waals surface area contributed by atoms with Gasteiger partial charge in [0, 0.05) is 37.9 Å². The Bertz CT molecular complexity index is 815. The van der Waals surface area contributed by atoms with Crippen LogP contribution in [0.2, 0.25) is 0 Å². The minimum Gasteiger partial charge on any atom is -0.340 e. The lowest BCUT2D eigenvalue weighted by atomic mass is 10.3. The zero-order valence-corrected chi connectivity index (χ0v) is 14.0. The highest BCUT2D eigenvalue weighted by molar-refractivity contribution is 5.92. The maximum Gasteiger partial charge on any atom is 0.252 e. The van der Waals surface area contributed by atoms with Crippen molar-refractivity contribution in [3.8, 4) is 0 Å². The van der Waals surface area contributed by atoms with Crippen molar-refractivity contribution in [3.63, 3.8) is 0 Å². The molecule has 2 aromatic rings. The molecule has 8 heteroatoms. The van der Waals surface area contributed by atoms with Crippen LogP contribution in [0.3, 0.4) is 0 Å². The summed E-state index contributed by atoms with van der Waals surface area (Å²) in [6.45, 7) is 4.59. The molecule has 2 N–H and O–H groups in total. The predicted molar refractivity (Wildman–Crippen MR) is 93.3 cm³/mol. The highest BCUT2D eigenvalue weighted by Gasteiger charge is 2.21. The first kappa shape index (κ1) is 17.1. The molecule has 1 amide bonds. The van der Waals surface area contributed by atoms with Gasteiger partial charge >= 0.3 is 0 Å². The van der Waals surface area contributed by atoms with Gasteiger partial charge in [0.05, 0.1) is 12.2 Å². The maximum absolute atomic E-state index is 13.6. The average molecular weight is 345 g/mol. The Kier molecular flexibility index (Phi) is 5.08. The second kappa shape index (κ2) is 7.43. The topological polar surface area (TPSA) is 81.3 Å². The minimum absolute atomic E-state index is 0.172. The fraction of sp³-hybridized carbons (Fsp3) is 0.353. The van der Waals surface area contributed by atoms with Gasteiger partial charge in [0.25, 0.3) is 5.56 Å². The number of piperazine rings is 1. The van der Waals surface area contributed by atoms with E-state index in [0.29, 0.717) is 37.8 Å². The summed E-state index contributed by atoms with van der Waals surface area (Å²) in [5.41, 5.74) is 0.687. The summed E-state index contributed by atoms with van der Waals surface area (Å²) in [7, 11) is 0. The van der Waals surface area contributed by atoms with Crippen LogP contribution >= 0.6 is 0 Å². The largest absolute Gasteiger partial charge is 0.340 e. The van der Waals surface area contributed by atoms with Crippen molar-refractivity contribution in [2.45, 2.75) is 6.92 Å². The average Bonchev–Trinajstić information content (AvgIpc) is 2.57. The Morgan fingerprint density at radius 2 is 2.00 bits per heavy atom. The quantitative estimate of drug-likeness (QED) is 0.863. The fourth-order valence-corrected chi connectivity index (χ4v) is 2.79. The summed E-state index contributed by atoms with van der Waals surface area (Å²) >= 11 is 0. The number of nitrogens with one attached hydrogen (secondary N) is 2. The van der Waals surface area contributed by atoms with Gasteiger partial charge in [-0.25, -0.2) is 9.37 Å². The molecule has 0 unspecified atom stereocenters. The predicted octanol–water partition coefficient (Wildman–Crippen LogP) is 0.978. The Balaban J connectivity index is 1.53. The number of H-pyrrole nitrogens is 1. The molecule has 1 aliphatic heterocycles. The van der Waals surface area contributed by atoms with Crippen LogP contribution in [0, 0.1) is 12.7 Å². The van der Waals surface area contributed by atoms with Gasteiger partial charge in [0.1, 0.15) is 5.82 Å². The SMILES string of the molecule is Cc1cc(=O)[nH]c(N2CCN(CC(=O)Nc3ccccc3F)CC2)n1. The molecule has 25 heavy (non-hydrogen) atoms. The molecule has 1 saturated heterocycles. The molecule has 0 saturated carbocycles. The van der Waals surface area contributed by atoms with E-state index in [0.717, 1.165) is 0 Å². The van der Waals surface area contributed by atoms with Gasteiger partial charge in [-0.15, -0.1) is 0 Å². The van der Waals surface area contributed by atoms with Crippen LogP contribution in [0.4, 0.5) is 16.0 Å². The molecular formula is C17H20FN5O2. The molecule has 3 rings (SSSR count). The first-order chi connectivity index (χ1) is 12.0. The van der Waals surface area contributed by atoms with E-state index in [-0.39, 0.29) is 23.7 Å². The number of aromatic nitrogens is 2. The van der Waals surface area contributed by atoms with E-state index in [1.54, 1.807) is 19.1 Å². The number of carbonyl (C=O) groups is 1. The van der Waals surface area contributed by atoms with Crippen molar-refractivity contribution in [3.05, 3.63) is 52.2 Å². The number of para-hydroxylation sites is 1. The number of benzene rings is 1. The number of halogens is 1. The van der Waals surface area contributed by atoms with Crippen LogP contribution in [-0.4, -0.2) is 53.5 Å². The van der Waals surface area contributed by atoms with Crippen LogP contribution in [-0.2, 0) is 4.79 Å². The number of aryl methyl sites for hydroxylation is 1. The molecule has 132 valence electrons. The van der Waals surface area contributed by atoms with E-state index in [9.17, 15) is 14.0 Å². The summed E-state index contributed by atoms with van der Waals surface area (Å²) in [4.78, 5) is 34.7. The first-order valence-corrected chi connectivity index (χ1v) is 8.11.